The largest absolute Gasteiger partial charge is 0.336 e. The zero-order chi connectivity index (χ0) is 8.20. The third kappa shape index (κ3) is 3.18. The van der Waals surface area contributed by atoms with Crippen molar-refractivity contribution >= 4 is 8.96 Å². The van der Waals surface area contributed by atoms with Gasteiger partial charge in [-0.3, -0.25) is 0 Å². The molecule has 0 spiro atoms. The molecular formula is C8H19NSi. The molecule has 0 aromatic carbocycles. The van der Waals surface area contributed by atoms with E-state index >= 15 is 0 Å². The van der Waals surface area contributed by atoms with Crippen molar-refractivity contribution in [1.82, 2.24) is 4.98 Å². The molecule has 0 fully saturated rings. The van der Waals surface area contributed by atoms with Crippen LogP contribution in [-0.2, 0) is 0 Å². The van der Waals surface area contributed by atoms with Gasteiger partial charge in [0.2, 0.25) is 0 Å². The van der Waals surface area contributed by atoms with Crippen LogP contribution in [0, 0.1) is 0 Å². The predicted octanol–water partition coefficient (Wildman–Crippen LogP) is 1.84. The molecule has 0 heterocycles. The topological polar surface area (TPSA) is 12.0 Å². The maximum Gasteiger partial charge on any atom is 0.138 e. The van der Waals surface area contributed by atoms with E-state index in [0.717, 1.165) is 6.54 Å². The standard InChI is InChI=1S/C8H19NSi/c1-6-9-10(7-2)8(3,4)5/h7,9-10H,2,6H2,1,3-5H3. The minimum Gasteiger partial charge on any atom is -0.336 e. The second-order valence-corrected chi connectivity index (χ2v) is 7.20. The van der Waals surface area contributed by atoms with E-state index < -0.39 is 8.96 Å². The zero-order valence-corrected chi connectivity index (χ0v) is 8.72. The molecule has 1 nitrogen and oxygen atoms in total. The van der Waals surface area contributed by atoms with Crippen molar-refractivity contribution in [2.75, 3.05) is 6.54 Å². The molecule has 1 atom stereocenters. The minimum atomic E-state index is -0.887. The first-order valence-corrected chi connectivity index (χ1v) is 5.70. The normalized spacial score (nSPS) is 14.8. The van der Waals surface area contributed by atoms with Gasteiger partial charge in [0.15, 0.2) is 0 Å². The van der Waals surface area contributed by atoms with Crippen LogP contribution in [0.1, 0.15) is 27.7 Å². The highest BCUT2D eigenvalue weighted by Gasteiger charge is 2.21. The summed E-state index contributed by atoms with van der Waals surface area (Å²) >= 11 is 0. The van der Waals surface area contributed by atoms with Gasteiger partial charge in [0.05, 0.1) is 0 Å². The third-order valence-electron chi connectivity index (χ3n) is 1.59. The van der Waals surface area contributed by atoms with Crippen molar-refractivity contribution in [3.63, 3.8) is 0 Å². The highest BCUT2D eigenvalue weighted by atomic mass is 28.3. The molecule has 0 aliphatic rings. The minimum absolute atomic E-state index is 0.428. The summed E-state index contributed by atoms with van der Waals surface area (Å²) in [7, 11) is -0.887. The van der Waals surface area contributed by atoms with Crippen molar-refractivity contribution in [3.8, 4) is 0 Å². The van der Waals surface area contributed by atoms with Crippen LogP contribution in [0.3, 0.4) is 0 Å². The third-order valence-corrected chi connectivity index (χ3v) is 4.78. The molecule has 0 aliphatic carbocycles. The molecular weight excluding hydrogens is 138 g/mol. The van der Waals surface area contributed by atoms with Crippen LogP contribution in [0.25, 0.3) is 0 Å². The first kappa shape index (κ1) is 9.92. The van der Waals surface area contributed by atoms with Gasteiger partial charge in [0.1, 0.15) is 8.96 Å². The number of hydrogen-bond acceptors (Lipinski definition) is 1. The number of nitrogens with one attached hydrogen (secondary N) is 1. The molecule has 0 saturated heterocycles. The van der Waals surface area contributed by atoms with E-state index in [1.54, 1.807) is 0 Å². The summed E-state index contributed by atoms with van der Waals surface area (Å²) in [5.41, 5.74) is 2.11. The van der Waals surface area contributed by atoms with Gasteiger partial charge in [0.25, 0.3) is 0 Å². The van der Waals surface area contributed by atoms with Crippen molar-refractivity contribution in [1.29, 1.82) is 0 Å². The molecule has 0 rings (SSSR count). The van der Waals surface area contributed by atoms with Crippen LogP contribution in [0.5, 0.6) is 0 Å². The van der Waals surface area contributed by atoms with Gasteiger partial charge in [-0.15, -0.1) is 6.58 Å². The quantitative estimate of drug-likeness (QED) is 0.617. The first-order chi connectivity index (χ1) is 4.52. The smallest absolute Gasteiger partial charge is 0.138 e. The second-order valence-electron chi connectivity index (χ2n) is 3.64. The molecule has 1 N–H and O–H groups in total. The molecule has 0 aromatic heterocycles. The van der Waals surface area contributed by atoms with E-state index in [2.05, 4.69) is 45.0 Å². The lowest BCUT2D eigenvalue weighted by atomic mass is 10.3. The molecule has 0 amide bonds. The van der Waals surface area contributed by atoms with Gasteiger partial charge >= 0.3 is 0 Å². The van der Waals surface area contributed by atoms with Gasteiger partial charge in [-0.1, -0.05) is 33.4 Å². The molecule has 0 aliphatic heterocycles. The Morgan fingerprint density at radius 2 is 2.00 bits per heavy atom. The summed E-state index contributed by atoms with van der Waals surface area (Å²) in [4.78, 5) is 3.49. The van der Waals surface area contributed by atoms with E-state index in [1.807, 2.05) is 0 Å². The van der Waals surface area contributed by atoms with Gasteiger partial charge < -0.3 is 4.98 Å². The molecule has 0 saturated carbocycles. The molecule has 2 heteroatoms. The zero-order valence-electron chi connectivity index (χ0n) is 7.57. The van der Waals surface area contributed by atoms with Gasteiger partial charge in [-0.25, -0.2) is 0 Å². The Kier molecular flexibility index (Phi) is 3.90. The molecule has 1 unspecified atom stereocenters. The van der Waals surface area contributed by atoms with Crippen LogP contribution < -0.4 is 4.98 Å². The van der Waals surface area contributed by atoms with Crippen molar-refractivity contribution in [2.45, 2.75) is 32.7 Å². The highest BCUT2D eigenvalue weighted by Crippen LogP contribution is 2.25. The average Bonchev–Trinajstić information content (AvgIpc) is 1.80. The fourth-order valence-corrected chi connectivity index (χ4v) is 2.89. The summed E-state index contributed by atoms with van der Waals surface area (Å²) in [6, 6.07) is 0. The predicted molar refractivity (Wildman–Crippen MR) is 50.7 cm³/mol. The van der Waals surface area contributed by atoms with Crippen molar-refractivity contribution < 1.29 is 0 Å². The SMILES string of the molecule is C=C[SiH](NCC)C(C)(C)C. The van der Waals surface area contributed by atoms with E-state index in [4.69, 9.17) is 0 Å². The average molecular weight is 157 g/mol. The molecule has 0 radical (unpaired) electrons. The Morgan fingerprint density at radius 1 is 1.50 bits per heavy atom. The fourth-order valence-electron chi connectivity index (χ4n) is 0.963. The summed E-state index contributed by atoms with van der Waals surface area (Å²) < 4.78 is 0. The van der Waals surface area contributed by atoms with E-state index in [0.29, 0.717) is 5.04 Å². The molecule has 0 bridgehead atoms. The Morgan fingerprint density at radius 3 is 2.10 bits per heavy atom. The Bertz CT molecular complexity index is 104. The molecule has 10 heavy (non-hydrogen) atoms. The maximum absolute atomic E-state index is 3.85. The monoisotopic (exact) mass is 157 g/mol. The van der Waals surface area contributed by atoms with Crippen LogP contribution in [0.15, 0.2) is 12.3 Å². The fraction of sp³-hybridized carbons (Fsp3) is 0.750. The van der Waals surface area contributed by atoms with Crippen LogP contribution >= 0.6 is 0 Å². The molecule has 60 valence electrons. The van der Waals surface area contributed by atoms with E-state index in [1.165, 1.54) is 0 Å². The Balaban J connectivity index is 3.93. The van der Waals surface area contributed by atoms with Gasteiger partial charge in [-0.2, -0.15) is 0 Å². The van der Waals surface area contributed by atoms with Crippen molar-refractivity contribution in [2.24, 2.45) is 0 Å². The number of hydrogen-bond donors (Lipinski definition) is 1. The maximum atomic E-state index is 3.85. The van der Waals surface area contributed by atoms with Gasteiger partial charge in [-0.05, 0) is 11.6 Å². The lowest BCUT2D eigenvalue weighted by molar-refractivity contribution is 0.718. The first-order valence-electron chi connectivity index (χ1n) is 3.88. The summed E-state index contributed by atoms with van der Waals surface area (Å²) in [5.74, 6) is 0. The number of rotatable bonds is 3. The summed E-state index contributed by atoms with van der Waals surface area (Å²) in [5, 5.41) is 0.428. The van der Waals surface area contributed by atoms with Crippen molar-refractivity contribution in [3.05, 3.63) is 12.3 Å². The van der Waals surface area contributed by atoms with E-state index in [9.17, 15) is 0 Å². The lowest BCUT2D eigenvalue weighted by Gasteiger charge is -2.26. The Hall–Kier alpha value is -0.0831. The summed E-state index contributed by atoms with van der Waals surface area (Å²) in [6.07, 6.45) is 0. The van der Waals surface area contributed by atoms with Crippen LogP contribution in [-0.4, -0.2) is 15.5 Å². The van der Waals surface area contributed by atoms with Crippen LogP contribution in [0.2, 0.25) is 5.04 Å². The van der Waals surface area contributed by atoms with E-state index in [-0.39, 0.29) is 0 Å². The Labute approximate surface area is 66.2 Å². The summed E-state index contributed by atoms with van der Waals surface area (Å²) in [6.45, 7) is 13.9. The van der Waals surface area contributed by atoms with Crippen LogP contribution in [0.4, 0.5) is 0 Å². The van der Waals surface area contributed by atoms with Gasteiger partial charge in [0, 0.05) is 0 Å². The highest BCUT2D eigenvalue weighted by molar-refractivity contribution is 6.64. The molecule has 0 aromatic rings. The second kappa shape index (κ2) is 3.94. The lowest BCUT2D eigenvalue weighted by Crippen LogP contribution is -2.39.